The van der Waals surface area contributed by atoms with Gasteiger partial charge in [-0.05, 0) is 55.6 Å². The van der Waals surface area contributed by atoms with Crippen LogP contribution in [0, 0.1) is 6.92 Å². The van der Waals surface area contributed by atoms with E-state index >= 15 is 0 Å². The first-order valence-electron chi connectivity index (χ1n) is 9.91. The smallest absolute Gasteiger partial charge is 0.238 e. The van der Waals surface area contributed by atoms with Gasteiger partial charge >= 0.3 is 0 Å². The second kappa shape index (κ2) is 8.82. The van der Waals surface area contributed by atoms with Crippen LogP contribution in [-0.4, -0.2) is 37.1 Å². The van der Waals surface area contributed by atoms with Gasteiger partial charge in [-0.25, -0.2) is 0 Å². The summed E-state index contributed by atoms with van der Waals surface area (Å²) in [6.45, 7) is 4.36. The number of carbonyl (C=O) groups is 1. The molecule has 5 nitrogen and oxygen atoms in total. The molecule has 0 spiro atoms. The van der Waals surface area contributed by atoms with Crippen LogP contribution in [0.3, 0.4) is 0 Å². The first-order chi connectivity index (χ1) is 14.0. The lowest BCUT2D eigenvalue weighted by Crippen LogP contribution is -2.33. The van der Waals surface area contributed by atoms with Gasteiger partial charge in [0.2, 0.25) is 5.91 Å². The van der Waals surface area contributed by atoms with Crippen molar-refractivity contribution < 1.29 is 14.3 Å². The monoisotopic (exact) mass is 434 g/mol. The van der Waals surface area contributed by atoms with Crippen LogP contribution in [0.15, 0.2) is 30.3 Å². The summed E-state index contributed by atoms with van der Waals surface area (Å²) in [5.41, 5.74) is 2.49. The largest absolute Gasteiger partial charge is 0.490 e. The van der Waals surface area contributed by atoms with Crippen LogP contribution in [0.2, 0.25) is 10.0 Å². The van der Waals surface area contributed by atoms with E-state index in [-0.39, 0.29) is 18.5 Å². The summed E-state index contributed by atoms with van der Waals surface area (Å²) in [5.74, 6) is 1.45. The summed E-state index contributed by atoms with van der Waals surface area (Å²) < 4.78 is 11.6. The third-order valence-corrected chi connectivity index (χ3v) is 6.22. The van der Waals surface area contributed by atoms with E-state index in [0.717, 1.165) is 48.4 Å². The number of likely N-dealkylation sites (tertiary alicyclic amines) is 1. The van der Waals surface area contributed by atoms with Crippen molar-refractivity contribution in [3.05, 3.63) is 51.5 Å². The van der Waals surface area contributed by atoms with Crippen LogP contribution in [0.25, 0.3) is 0 Å². The highest BCUT2D eigenvalue weighted by Gasteiger charge is 2.29. The molecule has 4 rings (SSSR count). The van der Waals surface area contributed by atoms with Crippen molar-refractivity contribution >= 4 is 34.8 Å². The quantitative estimate of drug-likeness (QED) is 0.714. The number of ether oxygens (including phenoxy) is 2. The molecule has 1 saturated heterocycles. The fourth-order valence-corrected chi connectivity index (χ4v) is 4.38. The minimum Gasteiger partial charge on any atom is -0.490 e. The van der Waals surface area contributed by atoms with Gasteiger partial charge < -0.3 is 14.8 Å². The van der Waals surface area contributed by atoms with Gasteiger partial charge in [0.15, 0.2) is 11.5 Å². The molecular weight excluding hydrogens is 411 g/mol. The van der Waals surface area contributed by atoms with E-state index in [2.05, 4.69) is 22.3 Å². The maximum Gasteiger partial charge on any atom is 0.238 e. The fourth-order valence-electron chi connectivity index (χ4n) is 3.91. The number of nitrogens with one attached hydrogen (secondary N) is 1. The van der Waals surface area contributed by atoms with E-state index in [9.17, 15) is 4.79 Å². The standard InChI is InChI=1S/C22H24Cl2N2O3/c1-14-5-7-16(23)22(21(14)24)25-20(27)13-26-9-2-4-17(26)15-6-8-18-19(12-15)29-11-3-10-28-18/h5-8,12,17H,2-4,9-11,13H2,1H3,(H,25,27). The van der Waals surface area contributed by atoms with Crippen LogP contribution < -0.4 is 14.8 Å². The molecule has 0 bridgehead atoms. The molecule has 0 aromatic heterocycles. The summed E-state index contributed by atoms with van der Waals surface area (Å²) in [6, 6.07) is 9.84. The molecule has 2 aromatic carbocycles. The van der Waals surface area contributed by atoms with Gasteiger partial charge in [0, 0.05) is 12.5 Å². The number of hydrogen-bond acceptors (Lipinski definition) is 4. The van der Waals surface area contributed by atoms with E-state index in [1.54, 1.807) is 6.07 Å². The molecule has 2 aliphatic heterocycles. The topological polar surface area (TPSA) is 50.8 Å². The number of halogens is 2. The number of fused-ring (bicyclic) bond motifs is 1. The van der Waals surface area contributed by atoms with Gasteiger partial charge in [0.05, 0.1) is 35.5 Å². The Bertz CT molecular complexity index is 919. The molecule has 0 radical (unpaired) electrons. The average Bonchev–Trinajstić information content (AvgIpc) is 3.03. The number of aryl methyl sites for hydroxylation is 1. The van der Waals surface area contributed by atoms with Crippen LogP contribution in [0.4, 0.5) is 5.69 Å². The second-order valence-electron chi connectivity index (χ2n) is 7.49. The molecule has 29 heavy (non-hydrogen) atoms. The summed E-state index contributed by atoms with van der Waals surface area (Å²) in [6.07, 6.45) is 2.92. The number of benzene rings is 2. The summed E-state index contributed by atoms with van der Waals surface area (Å²) in [5, 5.41) is 3.81. The highest BCUT2D eigenvalue weighted by Crippen LogP contribution is 2.38. The zero-order valence-corrected chi connectivity index (χ0v) is 17.9. The van der Waals surface area contributed by atoms with Gasteiger partial charge in [-0.2, -0.15) is 0 Å². The maximum absolute atomic E-state index is 12.7. The number of rotatable bonds is 4. The molecule has 154 valence electrons. The Morgan fingerprint density at radius 3 is 2.76 bits per heavy atom. The molecule has 7 heteroatoms. The highest BCUT2D eigenvalue weighted by molar-refractivity contribution is 6.40. The number of carbonyl (C=O) groups excluding carboxylic acids is 1. The first-order valence-corrected chi connectivity index (χ1v) is 10.7. The molecular formula is C22H24Cl2N2O3. The molecule has 0 saturated carbocycles. The minimum atomic E-state index is -0.124. The molecule has 2 aromatic rings. The average molecular weight is 435 g/mol. The molecule has 2 aliphatic rings. The lowest BCUT2D eigenvalue weighted by molar-refractivity contribution is -0.117. The number of nitrogens with zero attached hydrogens (tertiary/aromatic N) is 1. The highest BCUT2D eigenvalue weighted by atomic mass is 35.5. The molecule has 1 fully saturated rings. The van der Waals surface area contributed by atoms with Gasteiger partial charge in [-0.1, -0.05) is 35.3 Å². The Hall–Kier alpha value is -1.95. The van der Waals surface area contributed by atoms with E-state index < -0.39 is 0 Å². The molecule has 1 amide bonds. The normalized spacial score (nSPS) is 19.1. The predicted molar refractivity (Wildman–Crippen MR) is 115 cm³/mol. The van der Waals surface area contributed by atoms with Crippen LogP contribution >= 0.6 is 23.2 Å². The Morgan fingerprint density at radius 1 is 1.14 bits per heavy atom. The first kappa shape index (κ1) is 20.3. The predicted octanol–water partition coefficient (Wildman–Crippen LogP) is 5.24. The number of anilines is 1. The van der Waals surface area contributed by atoms with Crippen molar-refractivity contribution in [2.45, 2.75) is 32.2 Å². The zero-order valence-electron chi connectivity index (χ0n) is 16.3. The molecule has 1 N–H and O–H groups in total. The minimum absolute atomic E-state index is 0.124. The lowest BCUT2D eigenvalue weighted by Gasteiger charge is -2.25. The fraction of sp³-hybridized carbons (Fsp3) is 0.409. The van der Waals surface area contributed by atoms with Crippen LogP contribution in [0.1, 0.15) is 36.4 Å². The van der Waals surface area contributed by atoms with E-state index in [0.29, 0.717) is 28.9 Å². The van der Waals surface area contributed by atoms with Crippen molar-refractivity contribution in [1.82, 2.24) is 4.90 Å². The second-order valence-corrected chi connectivity index (χ2v) is 8.27. The molecule has 0 aliphatic carbocycles. The van der Waals surface area contributed by atoms with E-state index in [4.69, 9.17) is 32.7 Å². The van der Waals surface area contributed by atoms with Crippen LogP contribution in [-0.2, 0) is 4.79 Å². The van der Waals surface area contributed by atoms with Crippen molar-refractivity contribution in [3.8, 4) is 11.5 Å². The van der Waals surface area contributed by atoms with E-state index in [1.807, 2.05) is 19.1 Å². The third-order valence-electron chi connectivity index (χ3n) is 5.42. The Morgan fingerprint density at radius 2 is 1.93 bits per heavy atom. The van der Waals surface area contributed by atoms with Gasteiger partial charge in [0.25, 0.3) is 0 Å². The maximum atomic E-state index is 12.7. The summed E-state index contributed by atoms with van der Waals surface area (Å²) in [7, 11) is 0. The van der Waals surface area contributed by atoms with Gasteiger partial charge in [-0.3, -0.25) is 9.69 Å². The summed E-state index contributed by atoms with van der Waals surface area (Å²) >= 11 is 12.6. The SMILES string of the molecule is Cc1ccc(Cl)c(NC(=O)CN2CCCC2c2ccc3c(c2)OCCCO3)c1Cl. The number of amides is 1. The van der Waals surface area contributed by atoms with Crippen molar-refractivity contribution in [3.63, 3.8) is 0 Å². The van der Waals surface area contributed by atoms with Crippen molar-refractivity contribution in [2.75, 3.05) is 31.6 Å². The molecule has 1 unspecified atom stereocenters. The zero-order chi connectivity index (χ0) is 20.4. The lowest BCUT2D eigenvalue weighted by atomic mass is 10.0. The van der Waals surface area contributed by atoms with Crippen molar-refractivity contribution in [2.24, 2.45) is 0 Å². The van der Waals surface area contributed by atoms with E-state index in [1.165, 1.54) is 0 Å². The molecule has 1 atom stereocenters. The summed E-state index contributed by atoms with van der Waals surface area (Å²) in [4.78, 5) is 14.9. The molecule has 2 heterocycles. The van der Waals surface area contributed by atoms with Gasteiger partial charge in [0.1, 0.15) is 0 Å². The number of hydrogen-bond donors (Lipinski definition) is 1. The Kier molecular flexibility index (Phi) is 6.18. The Labute approximate surface area is 180 Å². The van der Waals surface area contributed by atoms with Crippen molar-refractivity contribution in [1.29, 1.82) is 0 Å². The Balaban J connectivity index is 1.47. The van der Waals surface area contributed by atoms with Crippen LogP contribution in [0.5, 0.6) is 11.5 Å². The third kappa shape index (κ3) is 4.47. The van der Waals surface area contributed by atoms with Gasteiger partial charge in [-0.15, -0.1) is 0 Å².